The van der Waals surface area contributed by atoms with Gasteiger partial charge in [0.05, 0.1) is 69.1 Å². The van der Waals surface area contributed by atoms with E-state index in [9.17, 15) is 13.8 Å². The highest BCUT2D eigenvalue weighted by atomic mass is 35.5. The van der Waals surface area contributed by atoms with Gasteiger partial charge in [-0.25, -0.2) is 8.93 Å². The number of hydrogen-bond donors (Lipinski definition) is 2. The summed E-state index contributed by atoms with van der Waals surface area (Å²) in [6, 6.07) is 0. The molecular weight excluding hydrogens is 926 g/mol. The first-order valence-corrected chi connectivity index (χ1v) is 31.4. The van der Waals surface area contributed by atoms with E-state index in [1.54, 1.807) is 0 Å². The van der Waals surface area contributed by atoms with Crippen LogP contribution in [0.1, 0.15) is 198 Å². The fraction of sp³-hybridized carbons (Fsp3) is 0.958. The molecule has 2 aliphatic rings. The van der Waals surface area contributed by atoms with Crippen LogP contribution in [-0.2, 0) is 57.5 Å². The molecule has 0 aromatic rings. The predicted molar refractivity (Wildman–Crippen MR) is 286 cm³/mol. The number of carbonyl (C=O) groups is 2. The lowest BCUT2D eigenvalue weighted by Gasteiger charge is -2.39. The molecule has 2 rings (SSSR count). The number of halogens is 1. The van der Waals surface area contributed by atoms with E-state index in [2.05, 4.69) is 72.5 Å². The summed E-state index contributed by atoms with van der Waals surface area (Å²) in [4.78, 5) is 25.3. The molecule has 0 aromatic carbocycles. The number of carbonyl (C=O) groups excluding carboxylic acids is 2. The van der Waals surface area contributed by atoms with Crippen LogP contribution < -0.4 is 10.5 Å². The summed E-state index contributed by atoms with van der Waals surface area (Å²) >= 11 is 0. The molecule has 0 bridgehead atoms. The van der Waals surface area contributed by atoms with Crippen molar-refractivity contribution in [2.24, 2.45) is 5.73 Å². The molecule has 67 heavy (non-hydrogen) atoms. The van der Waals surface area contributed by atoms with Gasteiger partial charge in [-0.3, -0.25) is 9.59 Å². The molecule has 0 aromatic heterocycles. The quantitative estimate of drug-likeness (QED) is 0.0988. The first-order valence-electron chi connectivity index (χ1n) is 24.4. The third kappa shape index (κ3) is 21.3. The van der Waals surface area contributed by atoms with Crippen molar-refractivity contribution in [1.29, 1.82) is 0 Å². The van der Waals surface area contributed by atoms with Crippen LogP contribution in [-0.4, -0.2) is 109 Å². The lowest BCUT2D eigenvalue weighted by molar-refractivity contribution is -0.158. The fourth-order valence-electron chi connectivity index (χ4n) is 6.29. The smallest absolute Gasteiger partial charge is 0.460 e. The highest BCUT2D eigenvalue weighted by Gasteiger charge is 2.55. The minimum absolute atomic E-state index is 0. The van der Waals surface area contributed by atoms with Gasteiger partial charge in [-0.2, -0.15) is 0 Å². The van der Waals surface area contributed by atoms with E-state index < -0.39 is 80.2 Å². The Labute approximate surface area is 421 Å². The number of hydrogen-bond acceptors (Lipinski definition) is 12. The van der Waals surface area contributed by atoms with E-state index in [1.807, 2.05) is 118 Å². The lowest BCUT2D eigenvalue weighted by atomic mass is 9.76. The number of esters is 2. The summed E-state index contributed by atoms with van der Waals surface area (Å²) in [6.07, 6.45) is 2.26. The summed E-state index contributed by atoms with van der Waals surface area (Å²) in [6.45, 7) is 55.1. The zero-order chi connectivity index (χ0) is 52.3. The second-order valence-corrected chi connectivity index (χ2v) is 38.3. The van der Waals surface area contributed by atoms with Crippen molar-refractivity contribution < 1.29 is 50.7 Å². The van der Waals surface area contributed by atoms with Gasteiger partial charge >= 0.3 is 26.2 Å². The van der Waals surface area contributed by atoms with Crippen LogP contribution in [0, 0.1) is 0 Å². The van der Waals surface area contributed by atoms with Crippen LogP contribution in [0.15, 0.2) is 0 Å². The molecule has 3 N–H and O–H groups in total. The molecule has 396 valence electrons. The van der Waals surface area contributed by atoms with Crippen LogP contribution in [0.5, 0.6) is 0 Å². The Bertz CT molecular complexity index is 1590. The maximum Gasteiger partial charge on any atom is 0.477 e. The zero-order valence-electron chi connectivity index (χ0n) is 47.6. The molecule has 0 radical (unpaired) electrons. The number of nitrogens with one attached hydrogen (secondary N) is 1. The first kappa shape index (κ1) is 66.6. The predicted octanol–water partition coefficient (Wildman–Crippen LogP) is 11.2. The minimum atomic E-state index is -2.16. The maximum absolute atomic E-state index is 13.1. The molecule has 5 atom stereocenters. The molecule has 2 saturated heterocycles. The average molecular weight is 1030 g/mol. The van der Waals surface area contributed by atoms with Gasteiger partial charge in [0.15, 0.2) is 16.6 Å². The van der Waals surface area contributed by atoms with Crippen LogP contribution in [0.3, 0.4) is 0 Å². The summed E-state index contributed by atoms with van der Waals surface area (Å²) in [5, 5.41) is 0.0449. The molecular formula is C48H101B2ClN2O11SSi2. The Morgan fingerprint density at radius 2 is 0.866 bits per heavy atom. The maximum atomic E-state index is 13.1. The molecule has 2 fully saturated rings. The third-order valence-electron chi connectivity index (χ3n) is 13.8. The van der Waals surface area contributed by atoms with E-state index in [0.29, 0.717) is 25.7 Å². The Kier molecular flexibility index (Phi) is 23.5. The molecule has 13 nitrogen and oxygen atoms in total. The van der Waals surface area contributed by atoms with E-state index in [4.69, 9.17) is 42.7 Å². The molecule has 0 aliphatic carbocycles. The summed E-state index contributed by atoms with van der Waals surface area (Å²) < 4.78 is 65.2. The number of ether oxygens (including phenoxy) is 2. The van der Waals surface area contributed by atoms with E-state index in [1.165, 1.54) is 0 Å². The molecule has 0 saturated carbocycles. The summed E-state index contributed by atoms with van der Waals surface area (Å²) in [7, 11) is -6.57. The van der Waals surface area contributed by atoms with Crippen molar-refractivity contribution in [2.45, 2.75) is 296 Å². The van der Waals surface area contributed by atoms with E-state index in [-0.39, 0.29) is 71.4 Å². The fourth-order valence-corrected chi connectivity index (χ4v) is 9.92. The molecule has 2 aliphatic heterocycles. The third-order valence-corrected chi connectivity index (χ3v) is 24.5. The van der Waals surface area contributed by atoms with Crippen LogP contribution >= 0.6 is 12.4 Å². The van der Waals surface area contributed by atoms with Crippen molar-refractivity contribution in [3.8, 4) is 0 Å². The van der Waals surface area contributed by atoms with Crippen molar-refractivity contribution in [3.63, 3.8) is 0 Å². The summed E-state index contributed by atoms with van der Waals surface area (Å²) in [5.41, 5.74) is 3.53. The van der Waals surface area contributed by atoms with Crippen molar-refractivity contribution in [2.75, 3.05) is 0 Å². The topological polar surface area (TPSA) is 163 Å². The molecule has 2 unspecified atom stereocenters. The average Bonchev–Trinajstić information content (AvgIpc) is 3.40. The standard InChI is InChI=1S/C26H54BNO6SSi.C22H46BNO5Si.ClH/c1-22(2,3)31-21(29)18-19(32-36(14,15)24(7,8)9)16-17-20(28-35(30)23(4,5)6)27-33-25(10,11)26(12,13)34-27;1-19(2,3)26-18(25)15-16(27-30(11,12)20(4,5)6)13-14-17(24)23-28-21(7,8)22(9,10)29-23;/h19-20,28H,16-18H2,1-15H3;16-17H,13-15,24H2,1-12H3;1H/t19-,20?,35+;16-,17?;/m00./s1. The lowest BCUT2D eigenvalue weighted by Crippen LogP contribution is -2.50. The molecule has 19 heteroatoms. The number of nitrogens with two attached hydrogens (primary N) is 1. The van der Waals surface area contributed by atoms with Crippen LogP contribution in [0.25, 0.3) is 0 Å². The van der Waals surface area contributed by atoms with Gasteiger partial charge in [0.2, 0.25) is 0 Å². The van der Waals surface area contributed by atoms with E-state index >= 15 is 0 Å². The van der Waals surface area contributed by atoms with Crippen molar-refractivity contribution in [3.05, 3.63) is 0 Å². The highest BCUT2D eigenvalue weighted by Crippen LogP contribution is 2.42. The Morgan fingerprint density at radius 3 is 1.15 bits per heavy atom. The zero-order valence-corrected chi connectivity index (χ0v) is 51.2. The second kappa shape index (κ2) is 23.7. The van der Waals surface area contributed by atoms with Gasteiger partial charge in [0, 0.05) is 5.94 Å². The second-order valence-electron chi connectivity index (χ2n) is 26.8. The monoisotopic (exact) mass is 1030 g/mol. The van der Waals surface area contributed by atoms with Crippen molar-refractivity contribution >= 4 is 66.2 Å². The Balaban J connectivity index is 0.00000130. The van der Waals surface area contributed by atoms with Gasteiger partial charge in [-0.1, -0.05) is 41.5 Å². The molecule has 2 heterocycles. The molecule has 0 amide bonds. The SMILES string of the molecule is CC(C)(C)OC(=O)C[C@H](CCC(N)B1OC(C)(C)C(C)(C)O1)O[Si](C)(C)C(C)(C)C.CC(C)(C)OC(=O)C[C@H](CCC(N[S@](=O)C(C)(C)C)B1OC(C)(C)C(C)(C)O1)O[Si](C)(C)C(C)(C)C.Cl. The van der Waals surface area contributed by atoms with Gasteiger partial charge in [0.25, 0.3) is 0 Å². The normalized spacial score (nSPS) is 21.0. The minimum Gasteiger partial charge on any atom is -0.460 e. The van der Waals surface area contributed by atoms with Gasteiger partial charge < -0.3 is 42.7 Å². The summed E-state index contributed by atoms with van der Waals surface area (Å²) in [5.74, 6) is -1.15. The first-order chi connectivity index (χ1) is 28.9. The van der Waals surface area contributed by atoms with Crippen LogP contribution in [0.2, 0.25) is 36.3 Å². The highest BCUT2D eigenvalue weighted by molar-refractivity contribution is 7.84. The van der Waals surface area contributed by atoms with E-state index in [0.717, 1.165) is 0 Å². The van der Waals surface area contributed by atoms with Crippen molar-refractivity contribution in [1.82, 2.24) is 4.72 Å². The Hall–Kier alpha value is -0.376. The number of rotatable bonds is 18. The molecule has 0 spiro atoms. The van der Waals surface area contributed by atoms with Gasteiger partial charge in [-0.05, 0) is 180 Å². The van der Waals surface area contributed by atoms with Gasteiger partial charge in [0.1, 0.15) is 11.2 Å². The van der Waals surface area contributed by atoms with Gasteiger partial charge in [-0.15, -0.1) is 12.4 Å². The largest absolute Gasteiger partial charge is 0.477 e. The van der Waals surface area contributed by atoms with Crippen LogP contribution in [0.4, 0.5) is 0 Å². The Morgan fingerprint density at radius 1 is 0.567 bits per heavy atom.